The van der Waals surface area contributed by atoms with Gasteiger partial charge in [0.2, 0.25) is 0 Å². The van der Waals surface area contributed by atoms with Gasteiger partial charge in [0.1, 0.15) is 11.5 Å². The maximum Gasteiger partial charge on any atom is 0.416 e. The van der Waals surface area contributed by atoms with E-state index in [2.05, 4.69) is 22.3 Å². The van der Waals surface area contributed by atoms with Crippen molar-refractivity contribution in [1.29, 1.82) is 0 Å². The number of nitrogens with one attached hydrogen (secondary N) is 1. The second-order valence-corrected chi connectivity index (χ2v) is 18.9. The highest BCUT2D eigenvalue weighted by Gasteiger charge is 2.52. The number of β-amino-alcohol motifs (C(OH)–C–C–N with tert-alkyl or cyclic N) is 1. The molecule has 14 heteroatoms. The van der Waals surface area contributed by atoms with Crippen molar-refractivity contribution < 1.29 is 45.7 Å². The number of ether oxygens (including phenoxy) is 3. The van der Waals surface area contributed by atoms with Gasteiger partial charge in [-0.2, -0.15) is 26.3 Å². The van der Waals surface area contributed by atoms with Crippen LogP contribution in [0.15, 0.2) is 97.1 Å². The normalized spacial score (nSPS) is 22.4. The maximum absolute atomic E-state index is 12.7. The molecule has 2 aliphatic carbocycles. The van der Waals surface area contributed by atoms with Gasteiger partial charge in [0.15, 0.2) is 0 Å². The molecule has 0 unspecified atom stereocenters. The zero-order valence-corrected chi connectivity index (χ0v) is 37.4. The number of nitrogens with zero attached hydrogens (tertiary/aromatic N) is 1. The van der Waals surface area contributed by atoms with E-state index >= 15 is 0 Å². The van der Waals surface area contributed by atoms with E-state index in [4.69, 9.17) is 37.4 Å². The molecule has 9 rings (SSSR count). The van der Waals surface area contributed by atoms with Gasteiger partial charge in [-0.15, -0.1) is 0 Å². The summed E-state index contributed by atoms with van der Waals surface area (Å²) < 4.78 is 91.9. The van der Waals surface area contributed by atoms with Crippen LogP contribution in [0.4, 0.5) is 26.3 Å². The molecular weight excluding hydrogens is 901 g/mol. The lowest BCUT2D eigenvalue weighted by Gasteiger charge is -2.48. The Bertz CT molecular complexity index is 2030. The first-order valence-electron chi connectivity index (χ1n) is 22.5. The lowest BCUT2D eigenvalue weighted by atomic mass is 9.61. The Morgan fingerprint density at radius 1 is 0.667 bits per heavy atom. The number of epoxide rings is 1. The minimum absolute atomic E-state index is 0. The highest BCUT2D eigenvalue weighted by Crippen LogP contribution is 2.51. The number of hydrogen-bond donors (Lipinski definition) is 2. The molecule has 3 aliphatic heterocycles. The molecule has 2 saturated carbocycles. The summed E-state index contributed by atoms with van der Waals surface area (Å²) in [7, 11) is 0. The van der Waals surface area contributed by atoms with Gasteiger partial charge >= 0.3 is 12.4 Å². The van der Waals surface area contributed by atoms with E-state index in [9.17, 15) is 31.4 Å². The van der Waals surface area contributed by atoms with Crippen LogP contribution in [0.25, 0.3) is 0 Å². The minimum Gasteiger partial charge on any atom is -0.493 e. The number of rotatable bonds is 12. The van der Waals surface area contributed by atoms with Crippen LogP contribution in [0.5, 0.6) is 11.5 Å². The summed E-state index contributed by atoms with van der Waals surface area (Å²) in [5.74, 6) is 1.67. The second kappa shape index (κ2) is 23.7. The van der Waals surface area contributed by atoms with E-state index < -0.39 is 29.6 Å². The van der Waals surface area contributed by atoms with Crippen molar-refractivity contribution in [2.45, 2.75) is 114 Å². The smallest absolute Gasteiger partial charge is 0.416 e. The molecule has 66 heavy (non-hydrogen) atoms. The summed E-state index contributed by atoms with van der Waals surface area (Å²) in [6, 6.07) is 25.8. The molecule has 4 atom stereocenters. The standard InChI is InChI=1S/C25H29ClF3NO2.C13H16F3NO.C12H13ClO.2CH4/c26-21-8-4-19(5-9-21)24(12-2-13-24)23(31)16-30-14-1-3-18(15-30)17-32-22-10-6-20(7-11-22)25(27,28)29;14-13(15,16)11-3-5-12(6-4-11)18-9-10-2-1-7-17-8-10;13-10-4-2-9(3-5-10)12(6-1-7-12)11-8-14-11;;/h4-11,18,23,31H,1-3,12-17H2;3-6,10,17H,1-2,7-9H2;2-5,11H,1,6-8H2;2*1H4/t18-,23-;10-;11-;;/m000../s1. The average molecular weight is 968 g/mol. The fourth-order valence-corrected chi connectivity index (χ4v) is 9.76. The predicted molar refractivity (Wildman–Crippen MR) is 252 cm³/mol. The molecule has 364 valence electrons. The van der Waals surface area contributed by atoms with E-state index in [1.54, 1.807) is 0 Å². The monoisotopic (exact) mass is 966 g/mol. The third kappa shape index (κ3) is 14.0. The summed E-state index contributed by atoms with van der Waals surface area (Å²) in [6.45, 7) is 6.27. The van der Waals surface area contributed by atoms with E-state index in [-0.39, 0.29) is 26.2 Å². The third-order valence-corrected chi connectivity index (χ3v) is 14.2. The van der Waals surface area contributed by atoms with Gasteiger partial charge in [0, 0.05) is 52.3 Å². The SMILES string of the molecule is C.C.Clc1ccc(C2([C@@H]3CO3)CCC2)cc1.FC(F)(F)c1ccc(OC[C@H]2CCCNC2)cc1.O[C@@H](CN1CCC[C@H](COc2ccc(C(F)(F)F)cc2)C1)C1(c2ccc(Cl)cc2)CCC1. The lowest BCUT2D eigenvalue weighted by Crippen LogP contribution is -2.52. The summed E-state index contributed by atoms with van der Waals surface area (Å²) >= 11 is 11.9. The van der Waals surface area contributed by atoms with Crippen LogP contribution in [-0.4, -0.2) is 74.8 Å². The highest BCUT2D eigenvalue weighted by molar-refractivity contribution is 6.30. The van der Waals surface area contributed by atoms with Gasteiger partial charge in [-0.3, -0.25) is 0 Å². The van der Waals surface area contributed by atoms with Crippen molar-refractivity contribution in [1.82, 2.24) is 10.2 Å². The summed E-state index contributed by atoms with van der Waals surface area (Å²) in [5, 5.41) is 16.0. The van der Waals surface area contributed by atoms with Crippen LogP contribution in [0, 0.1) is 11.8 Å². The Morgan fingerprint density at radius 3 is 1.58 bits per heavy atom. The molecule has 4 aromatic carbocycles. The van der Waals surface area contributed by atoms with Crippen molar-refractivity contribution in [2.24, 2.45) is 11.8 Å². The van der Waals surface area contributed by atoms with Crippen molar-refractivity contribution in [3.8, 4) is 11.5 Å². The number of hydrogen-bond acceptors (Lipinski definition) is 6. The number of aliphatic hydroxyl groups excluding tert-OH is 1. The van der Waals surface area contributed by atoms with Crippen LogP contribution >= 0.6 is 23.2 Å². The third-order valence-electron chi connectivity index (χ3n) is 13.7. The minimum atomic E-state index is -4.34. The Balaban J connectivity index is 0.000000202. The number of piperidine rings is 2. The lowest BCUT2D eigenvalue weighted by molar-refractivity contribution is -0.138. The zero-order chi connectivity index (χ0) is 45.4. The summed E-state index contributed by atoms with van der Waals surface area (Å²) in [5.41, 5.74) is 1.39. The average Bonchev–Trinajstić information content (AvgIpc) is 4.09. The van der Waals surface area contributed by atoms with Gasteiger partial charge in [0.05, 0.1) is 43.2 Å². The summed E-state index contributed by atoms with van der Waals surface area (Å²) in [6.07, 6.45) is 2.62. The van der Waals surface area contributed by atoms with Crippen molar-refractivity contribution >= 4 is 23.2 Å². The van der Waals surface area contributed by atoms with Crippen molar-refractivity contribution in [2.75, 3.05) is 52.5 Å². The number of benzene rings is 4. The first-order valence-corrected chi connectivity index (χ1v) is 23.2. The van der Waals surface area contributed by atoms with Crippen molar-refractivity contribution in [3.63, 3.8) is 0 Å². The van der Waals surface area contributed by atoms with E-state index in [0.717, 1.165) is 113 Å². The topological polar surface area (TPSA) is 66.5 Å². The molecule has 0 spiro atoms. The van der Waals surface area contributed by atoms with Crippen LogP contribution < -0.4 is 14.8 Å². The highest BCUT2D eigenvalue weighted by atomic mass is 35.5. The molecule has 6 nitrogen and oxygen atoms in total. The van der Waals surface area contributed by atoms with Crippen LogP contribution in [-0.2, 0) is 27.9 Å². The first kappa shape index (κ1) is 53.4. The molecule has 0 radical (unpaired) electrons. The Morgan fingerprint density at radius 2 is 1.15 bits per heavy atom. The van der Waals surface area contributed by atoms with E-state index in [1.807, 2.05) is 36.4 Å². The molecule has 5 fully saturated rings. The zero-order valence-electron chi connectivity index (χ0n) is 35.9. The maximum atomic E-state index is 12.7. The molecule has 5 aliphatic rings. The number of alkyl halides is 6. The molecule has 3 heterocycles. The molecule has 0 amide bonds. The van der Waals surface area contributed by atoms with Crippen LogP contribution in [0.1, 0.15) is 101 Å². The van der Waals surface area contributed by atoms with Gasteiger partial charge < -0.3 is 29.5 Å². The van der Waals surface area contributed by atoms with Crippen LogP contribution in [0.2, 0.25) is 10.0 Å². The predicted octanol–water partition coefficient (Wildman–Crippen LogP) is 13.4. The number of likely N-dealkylation sites (tertiary alicyclic amines) is 1. The Labute approximate surface area is 397 Å². The van der Waals surface area contributed by atoms with E-state index in [0.29, 0.717) is 53.7 Å². The fourth-order valence-electron chi connectivity index (χ4n) is 9.50. The van der Waals surface area contributed by atoms with Gasteiger partial charge in [-0.05, 0) is 148 Å². The van der Waals surface area contributed by atoms with Gasteiger partial charge in [0.25, 0.3) is 0 Å². The van der Waals surface area contributed by atoms with Gasteiger partial charge in [-0.25, -0.2) is 0 Å². The molecule has 4 aromatic rings. The fraction of sp³-hybridized carbons (Fsp3) is 0.538. The Hall–Kier alpha value is -3.52. The van der Waals surface area contributed by atoms with Crippen molar-refractivity contribution in [3.05, 3.63) is 129 Å². The molecule has 2 N–H and O–H groups in total. The van der Waals surface area contributed by atoms with E-state index in [1.165, 1.54) is 49.1 Å². The largest absolute Gasteiger partial charge is 0.493 e. The Kier molecular flexibility index (Phi) is 19.2. The molecule has 0 bridgehead atoms. The second-order valence-electron chi connectivity index (χ2n) is 18.0. The molecule has 3 saturated heterocycles. The number of halogens is 8. The first-order chi connectivity index (χ1) is 30.6. The molecule has 0 aromatic heterocycles. The summed E-state index contributed by atoms with van der Waals surface area (Å²) in [4.78, 5) is 2.30. The van der Waals surface area contributed by atoms with Crippen LogP contribution in [0.3, 0.4) is 0 Å². The quantitative estimate of drug-likeness (QED) is 0.109. The molecular formula is C52H66Cl2F6N2O4. The number of aliphatic hydroxyl groups is 1. The van der Waals surface area contributed by atoms with Gasteiger partial charge in [-0.1, -0.05) is 75.2 Å².